The number of rotatable bonds is 7. The molecule has 0 aliphatic carbocycles. The van der Waals surface area contributed by atoms with Crippen LogP contribution in [0.3, 0.4) is 0 Å². The summed E-state index contributed by atoms with van der Waals surface area (Å²) in [6, 6.07) is 8.44. The lowest BCUT2D eigenvalue weighted by atomic mass is 9.88. The molecule has 1 aliphatic rings. The summed E-state index contributed by atoms with van der Waals surface area (Å²) in [4.78, 5) is 23.2. The number of likely N-dealkylation sites (N-methyl/N-ethyl adjacent to an activating group) is 2. The Hall–Kier alpha value is -3.01. The van der Waals surface area contributed by atoms with Crippen molar-refractivity contribution < 1.29 is 13.9 Å². The Morgan fingerprint density at radius 3 is 2.78 bits per heavy atom. The van der Waals surface area contributed by atoms with Crippen LogP contribution in [0.2, 0.25) is 5.02 Å². The number of nitrogens with one attached hydrogen (secondary N) is 3. The number of aromatic nitrogens is 2. The van der Waals surface area contributed by atoms with E-state index < -0.39 is 11.4 Å². The van der Waals surface area contributed by atoms with Crippen molar-refractivity contribution in [3.05, 3.63) is 53.1 Å². The Morgan fingerprint density at radius 2 is 2.12 bits per heavy atom. The summed E-state index contributed by atoms with van der Waals surface area (Å²) in [6.45, 7) is 1.57. The number of anilines is 2. The van der Waals surface area contributed by atoms with Gasteiger partial charge in [0.2, 0.25) is 5.91 Å². The summed E-state index contributed by atoms with van der Waals surface area (Å²) in [5.74, 6) is 0.483. The first-order valence-corrected chi connectivity index (χ1v) is 10.4. The van der Waals surface area contributed by atoms with Crippen molar-refractivity contribution in [3.63, 3.8) is 0 Å². The molecule has 0 radical (unpaired) electrons. The predicted molar refractivity (Wildman–Crippen MR) is 122 cm³/mol. The summed E-state index contributed by atoms with van der Waals surface area (Å²) in [6.07, 6.45) is 1.40. The maximum absolute atomic E-state index is 14.4. The number of amides is 1. The lowest BCUT2D eigenvalue weighted by Crippen LogP contribution is -2.74. The third-order valence-electron chi connectivity index (χ3n) is 5.87. The molecule has 32 heavy (non-hydrogen) atoms. The Bertz CT molecular complexity index is 1170. The molecule has 3 N–H and O–H groups in total. The summed E-state index contributed by atoms with van der Waals surface area (Å²) in [7, 11) is 5.13. The number of hydrogen-bond donors (Lipinski definition) is 3. The van der Waals surface area contributed by atoms with Crippen LogP contribution in [0.4, 0.5) is 15.9 Å². The van der Waals surface area contributed by atoms with Crippen molar-refractivity contribution in [1.82, 2.24) is 25.5 Å². The molecule has 0 saturated carbocycles. The highest BCUT2D eigenvalue weighted by molar-refractivity contribution is 6.31. The van der Waals surface area contributed by atoms with Gasteiger partial charge in [-0.1, -0.05) is 17.7 Å². The second-order valence-corrected chi connectivity index (χ2v) is 8.11. The van der Waals surface area contributed by atoms with E-state index in [0.717, 1.165) is 5.56 Å². The first-order valence-electron chi connectivity index (χ1n) is 10.1. The fourth-order valence-electron chi connectivity index (χ4n) is 3.87. The summed E-state index contributed by atoms with van der Waals surface area (Å²) >= 11 is 5.91. The van der Waals surface area contributed by atoms with Crippen LogP contribution in [0.5, 0.6) is 5.75 Å². The molecule has 2 aromatic carbocycles. The zero-order chi connectivity index (χ0) is 22.9. The number of methoxy groups -OCH3 is 1. The van der Waals surface area contributed by atoms with Crippen molar-refractivity contribution in [2.45, 2.75) is 12.1 Å². The summed E-state index contributed by atoms with van der Waals surface area (Å²) in [5, 5.41) is 9.65. The monoisotopic (exact) mass is 458 g/mol. The van der Waals surface area contributed by atoms with Gasteiger partial charge in [0.25, 0.3) is 0 Å². The van der Waals surface area contributed by atoms with E-state index in [4.69, 9.17) is 16.3 Å². The number of ether oxygens (including phenoxy) is 1. The Labute approximate surface area is 190 Å². The Kier molecular flexibility index (Phi) is 6.14. The quantitative estimate of drug-likeness (QED) is 0.501. The third-order valence-corrected chi connectivity index (χ3v) is 6.16. The largest absolute Gasteiger partial charge is 0.496 e. The molecule has 0 bridgehead atoms. The number of nitrogens with zero attached hydrogens (tertiary/aromatic N) is 3. The topological polar surface area (TPSA) is 91.4 Å². The average Bonchev–Trinajstić information content (AvgIpc) is 2.75. The Morgan fingerprint density at radius 1 is 1.34 bits per heavy atom. The molecule has 168 valence electrons. The van der Waals surface area contributed by atoms with Crippen LogP contribution < -0.4 is 20.7 Å². The van der Waals surface area contributed by atoms with Crippen LogP contribution in [0.15, 0.2) is 36.7 Å². The Balaban J connectivity index is 1.72. The second-order valence-electron chi connectivity index (χ2n) is 7.70. The molecule has 0 spiro atoms. The van der Waals surface area contributed by atoms with Crippen LogP contribution in [-0.2, 0) is 11.3 Å². The molecule has 1 amide bonds. The highest BCUT2D eigenvalue weighted by atomic mass is 35.5. The smallest absolute Gasteiger partial charge is 0.242 e. The maximum Gasteiger partial charge on any atom is 0.242 e. The number of carbonyl (C=O) groups is 1. The first-order chi connectivity index (χ1) is 15.4. The van der Waals surface area contributed by atoms with E-state index >= 15 is 0 Å². The van der Waals surface area contributed by atoms with Gasteiger partial charge in [-0.15, -0.1) is 0 Å². The van der Waals surface area contributed by atoms with E-state index in [1.165, 1.54) is 12.4 Å². The minimum atomic E-state index is -0.632. The molecule has 8 nitrogen and oxygen atoms in total. The van der Waals surface area contributed by atoms with Gasteiger partial charge in [0.15, 0.2) is 5.82 Å². The van der Waals surface area contributed by atoms with Crippen molar-refractivity contribution >= 4 is 39.9 Å². The van der Waals surface area contributed by atoms with Gasteiger partial charge >= 0.3 is 0 Å². The minimum absolute atomic E-state index is 0.0194. The van der Waals surface area contributed by atoms with Gasteiger partial charge in [0.05, 0.1) is 23.3 Å². The molecule has 1 aliphatic heterocycles. The molecule has 1 saturated heterocycles. The predicted octanol–water partition coefficient (Wildman–Crippen LogP) is 2.69. The van der Waals surface area contributed by atoms with Crippen LogP contribution >= 0.6 is 11.6 Å². The molecule has 0 unspecified atom stereocenters. The second kappa shape index (κ2) is 8.85. The molecular formula is C22H24ClFN6O2. The van der Waals surface area contributed by atoms with E-state index in [-0.39, 0.29) is 16.6 Å². The van der Waals surface area contributed by atoms with Gasteiger partial charge in [-0.05, 0) is 25.2 Å². The average molecular weight is 459 g/mol. The maximum atomic E-state index is 14.4. The van der Waals surface area contributed by atoms with E-state index in [9.17, 15) is 9.18 Å². The molecule has 10 heteroatoms. The molecule has 3 aromatic rings. The molecule has 0 atom stereocenters. The van der Waals surface area contributed by atoms with Gasteiger partial charge in [-0.25, -0.2) is 14.4 Å². The van der Waals surface area contributed by atoms with Gasteiger partial charge < -0.3 is 20.7 Å². The highest BCUT2D eigenvalue weighted by Crippen LogP contribution is 2.33. The van der Waals surface area contributed by atoms with Gasteiger partial charge in [-0.3, -0.25) is 9.69 Å². The zero-order valence-electron chi connectivity index (χ0n) is 18.0. The number of fused-ring (bicyclic) bond motifs is 1. The number of benzene rings is 2. The number of halogens is 2. The molecule has 1 fully saturated rings. The van der Waals surface area contributed by atoms with Gasteiger partial charge in [0, 0.05) is 43.7 Å². The molecule has 4 rings (SSSR count). The molecule has 2 heterocycles. The van der Waals surface area contributed by atoms with Crippen molar-refractivity contribution in [2.75, 3.05) is 39.6 Å². The van der Waals surface area contributed by atoms with E-state index in [2.05, 4.69) is 25.9 Å². The summed E-state index contributed by atoms with van der Waals surface area (Å²) in [5.41, 5.74) is 1.07. The SMILES string of the molecule is CNC(=O)C1(N(C)Cc2cc3c(Nc4cccc(Cl)c4F)ncnc3cc2OC)CNC1. The van der Waals surface area contributed by atoms with E-state index in [1.54, 1.807) is 26.3 Å². The van der Waals surface area contributed by atoms with Crippen LogP contribution in [-0.4, -0.2) is 60.6 Å². The van der Waals surface area contributed by atoms with Crippen molar-refractivity contribution in [2.24, 2.45) is 0 Å². The molecule has 1 aromatic heterocycles. The highest BCUT2D eigenvalue weighted by Gasteiger charge is 2.47. The van der Waals surface area contributed by atoms with Gasteiger partial charge in [-0.2, -0.15) is 0 Å². The van der Waals surface area contributed by atoms with Crippen molar-refractivity contribution in [3.8, 4) is 5.75 Å². The van der Waals surface area contributed by atoms with Crippen LogP contribution in [0.25, 0.3) is 10.9 Å². The van der Waals surface area contributed by atoms with Crippen molar-refractivity contribution in [1.29, 1.82) is 0 Å². The summed E-state index contributed by atoms with van der Waals surface area (Å²) < 4.78 is 20.0. The lowest BCUT2D eigenvalue weighted by Gasteiger charge is -2.47. The first kappa shape index (κ1) is 22.2. The van der Waals surface area contributed by atoms with E-state index in [0.29, 0.717) is 42.1 Å². The number of hydrogen-bond acceptors (Lipinski definition) is 7. The van der Waals surface area contributed by atoms with Crippen LogP contribution in [0.1, 0.15) is 5.56 Å². The lowest BCUT2D eigenvalue weighted by molar-refractivity contribution is -0.136. The van der Waals surface area contributed by atoms with Gasteiger partial charge in [0.1, 0.15) is 23.4 Å². The fraction of sp³-hybridized carbons (Fsp3) is 0.318. The van der Waals surface area contributed by atoms with Crippen LogP contribution in [0, 0.1) is 5.82 Å². The number of carbonyl (C=O) groups excluding carboxylic acids is 1. The fourth-order valence-corrected chi connectivity index (χ4v) is 4.05. The van der Waals surface area contributed by atoms with E-state index in [1.807, 2.05) is 24.1 Å². The zero-order valence-corrected chi connectivity index (χ0v) is 18.8. The standard InChI is InChI=1S/C22H24ClFN6O2/c1-25-21(31)22(10-26-11-22)30(2)9-13-7-14-17(8-18(13)32-3)27-12-28-20(14)29-16-6-4-5-15(23)19(16)24/h4-8,12,26H,9-11H2,1-3H3,(H,25,31)(H,27,28,29). The third kappa shape index (κ3) is 3.83. The normalized spacial score (nSPS) is 14.8. The minimum Gasteiger partial charge on any atom is -0.496 e. The molecular weight excluding hydrogens is 435 g/mol.